The molecule has 0 bridgehead atoms. The molecule has 0 radical (unpaired) electrons. The van der Waals surface area contributed by atoms with Gasteiger partial charge in [-0.1, -0.05) is 6.07 Å². The third kappa shape index (κ3) is 3.26. The predicted octanol–water partition coefficient (Wildman–Crippen LogP) is 1.19. The molecule has 1 atom stereocenters. The second-order valence-corrected chi connectivity index (χ2v) is 7.27. The van der Waals surface area contributed by atoms with Gasteiger partial charge in [-0.05, 0) is 44.4 Å². The Morgan fingerprint density at radius 2 is 2.05 bits per heavy atom. The molecule has 0 amide bonds. The summed E-state index contributed by atoms with van der Waals surface area (Å²) in [7, 11) is -3.52. The topological polar surface area (TPSA) is 83.6 Å². The van der Waals surface area contributed by atoms with Gasteiger partial charge in [0, 0.05) is 18.8 Å². The zero-order chi connectivity index (χ0) is 14.1. The van der Waals surface area contributed by atoms with Gasteiger partial charge in [0.2, 0.25) is 10.0 Å². The number of nitrogen functional groups attached to an aromatic ring is 1. The predicted molar refractivity (Wildman–Crippen MR) is 74.1 cm³/mol. The van der Waals surface area contributed by atoms with Crippen LogP contribution in [0, 0.1) is 0 Å². The number of nitrogens with zero attached hydrogens (tertiary/aromatic N) is 1. The van der Waals surface area contributed by atoms with Gasteiger partial charge >= 0.3 is 0 Å². The van der Waals surface area contributed by atoms with E-state index in [1.165, 1.54) is 10.4 Å². The van der Waals surface area contributed by atoms with Gasteiger partial charge < -0.3 is 10.8 Å². The van der Waals surface area contributed by atoms with E-state index in [2.05, 4.69) is 0 Å². The molecule has 1 heterocycles. The van der Waals surface area contributed by atoms with Crippen molar-refractivity contribution in [3.05, 3.63) is 24.3 Å². The minimum absolute atomic E-state index is 0.217. The van der Waals surface area contributed by atoms with Crippen LogP contribution in [0.25, 0.3) is 0 Å². The lowest BCUT2D eigenvalue weighted by Crippen LogP contribution is -2.33. The number of rotatable bonds is 2. The number of benzene rings is 1. The second-order valence-electron chi connectivity index (χ2n) is 5.33. The molecule has 1 aromatic rings. The average Bonchev–Trinajstić information content (AvgIpc) is 2.50. The number of sulfonamides is 1. The Labute approximate surface area is 114 Å². The van der Waals surface area contributed by atoms with Crippen LogP contribution < -0.4 is 5.73 Å². The summed E-state index contributed by atoms with van der Waals surface area (Å²) >= 11 is 0. The van der Waals surface area contributed by atoms with E-state index in [1.54, 1.807) is 25.1 Å². The number of anilines is 1. The van der Waals surface area contributed by atoms with Crippen molar-refractivity contribution >= 4 is 15.7 Å². The summed E-state index contributed by atoms with van der Waals surface area (Å²) in [5, 5.41) is 10.0. The molecular formula is C13H20N2O3S. The van der Waals surface area contributed by atoms with Crippen molar-refractivity contribution in [3.8, 4) is 0 Å². The lowest BCUT2D eigenvalue weighted by atomic mass is 9.98. The first-order chi connectivity index (χ1) is 8.81. The third-order valence-electron chi connectivity index (χ3n) is 3.52. The molecule has 2 rings (SSSR count). The molecule has 1 fully saturated rings. The van der Waals surface area contributed by atoms with Gasteiger partial charge in [-0.15, -0.1) is 0 Å². The highest BCUT2D eigenvalue weighted by molar-refractivity contribution is 7.89. The maximum absolute atomic E-state index is 12.5. The van der Waals surface area contributed by atoms with E-state index < -0.39 is 15.6 Å². The molecule has 1 saturated heterocycles. The van der Waals surface area contributed by atoms with Crippen LogP contribution in [-0.2, 0) is 10.0 Å². The van der Waals surface area contributed by atoms with Crippen molar-refractivity contribution in [3.63, 3.8) is 0 Å². The Bertz CT molecular complexity index is 555. The fraction of sp³-hybridized carbons (Fsp3) is 0.538. The van der Waals surface area contributed by atoms with Gasteiger partial charge in [-0.3, -0.25) is 0 Å². The van der Waals surface area contributed by atoms with Gasteiger partial charge in [0.25, 0.3) is 0 Å². The molecule has 1 unspecified atom stereocenters. The molecule has 0 saturated carbocycles. The van der Waals surface area contributed by atoms with E-state index in [0.717, 1.165) is 0 Å². The minimum atomic E-state index is -3.52. The zero-order valence-electron chi connectivity index (χ0n) is 11.0. The minimum Gasteiger partial charge on any atom is -0.399 e. The van der Waals surface area contributed by atoms with Crippen molar-refractivity contribution in [2.24, 2.45) is 0 Å². The Kier molecular flexibility index (Phi) is 3.85. The summed E-state index contributed by atoms with van der Waals surface area (Å²) in [5.74, 6) is 0. The Balaban J connectivity index is 2.25. The highest BCUT2D eigenvalue weighted by atomic mass is 32.2. The largest absolute Gasteiger partial charge is 0.399 e. The van der Waals surface area contributed by atoms with Crippen LogP contribution in [-0.4, -0.2) is 36.5 Å². The Morgan fingerprint density at radius 1 is 1.32 bits per heavy atom. The van der Waals surface area contributed by atoms with E-state index in [4.69, 9.17) is 5.73 Å². The normalized spacial score (nSPS) is 26.0. The first-order valence-corrected chi connectivity index (χ1v) is 7.83. The molecule has 0 aliphatic carbocycles. The van der Waals surface area contributed by atoms with Gasteiger partial charge in [-0.2, -0.15) is 4.31 Å². The average molecular weight is 284 g/mol. The molecule has 0 spiro atoms. The van der Waals surface area contributed by atoms with Crippen LogP contribution in [0.1, 0.15) is 26.2 Å². The molecule has 1 aliphatic rings. The summed E-state index contributed by atoms with van der Waals surface area (Å²) < 4.78 is 26.4. The van der Waals surface area contributed by atoms with Gasteiger partial charge in [0.15, 0.2) is 0 Å². The van der Waals surface area contributed by atoms with Crippen molar-refractivity contribution in [1.29, 1.82) is 0 Å². The number of hydrogen-bond acceptors (Lipinski definition) is 4. The number of hydrogen-bond donors (Lipinski definition) is 2. The quantitative estimate of drug-likeness (QED) is 0.799. The summed E-state index contributed by atoms with van der Waals surface area (Å²) in [4.78, 5) is 0.217. The monoisotopic (exact) mass is 284 g/mol. The molecule has 106 valence electrons. The molecular weight excluding hydrogens is 264 g/mol. The molecule has 19 heavy (non-hydrogen) atoms. The van der Waals surface area contributed by atoms with E-state index >= 15 is 0 Å². The maximum atomic E-state index is 12.5. The van der Waals surface area contributed by atoms with Crippen molar-refractivity contribution in [1.82, 2.24) is 4.31 Å². The van der Waals surface area contributed by atoms with E-state index in [9.17, 15) is 13.5 Å². The first kappa shape index (κ1) is 14.3. The Morgan fingerprint density at radius 3 is 2.74 bits per heavy atom. The second kappa shape index (κ2) is 5.11. The first-order valence-electron chi connectivity index (χ1n) is 6.39. The Hall–Kier alpha value is -1.11. The third-order valence-corrected chi connectivity index (χ3v) is 5.41. The molecule has 1 aromatic carbocycles. The zero-order valence-corrected chi connectivity index (χ0v) is 11.9. The molecule has 6 heteroatoms. The highest BCUT2D eigenvalue weighted by Gasteiger charge is 2.31. The van der Waals surface area contributed by atoms with E-state index in [0.29, 0.717) is 38.0 Å². The molecule has 3 N–H and O–H groups in total. The molecule has 5 nitrogen and oxygen atoms in total. The van der Waals surface area contributed by atoms with Gasteiger partial charge in [0.1, 0.15) is 0 Å². The fourth-order valence-corrected chi connectivity index (χ4v) is 3.84. The molecule has 1 aliphatic heterocycles. The van der Waals surface area contributed by atoms with Crippen LogP contribution in [0.5, 0.6) is 0 Å². The lowest BCUT2D eigenvalue weighted by Gasteiger charge is -2.22. The van der Waals surface area contributed by atoms with Gasteiger partial charge in [-0.25, -0.2) is 8.42 Å². The van der Waals surface area contributed by atoms with Gasteiger partial charge in [0.05, 0.1) is 10.5 Å². The number of nitrogens with two attached hydrogens (primary N) is 1. The lowest BCUT2D eigenvalue weighted by molar-refractivity contribution is 0.0465. The number of aliphatic hydroxyl groups is 1. The van der Waals surface area contributed by atoms with Crippen molar-refractivity contribution < 1.29 is 13.5 Å². The van der Waals surface area contributed by atoms with Crippen LogP contribution >= 0.6 is 0 Å². The van der Waals surface area contributed by atoms with Crippen LogP contribution in [0.15, 0.2) is 29.2 Å². The standard InChI is InChI=1S/C13H20N2O3S/c1-13(16)6-3-8-15(9-7-13)19(17,18)12-5-2-4-11(14)10-12/h2,4-5,10,16H,3,6-9,14H2,1H3. The smallest absolute Gasteiger partial charge is 0.243 e. The SMILES string of the molecule is CC1(O)CCCN(S(=O)(=O)c2cccc(N)c2)CC1. The maximum Gasteiger partial charge on any atom is 0.243 e. The van der Waals surface area contributed by atoms with Crippen LogP contribution in [0.3, 0.4) is 0 Å². The van der Waals surface area contributed by atoms with E-state index in [1.807, 2.05) is 0 Å². The van der Waals surface area contributed by atoms with Crippen molar-refractivity contribution in [2.75, 3.05) is 18.8 Å². The summed E-state index contributed by atoms with van der Waals surface area (Å²) in [5.41, 5.74) is 5.29. The summed E-state index contributed by atoms with van der Waals surface area (Å²) in [6.07, 6.45) is 1.74. The summed E-state index contributed by atoms with van der Waals surface area (Å²) in [6, 6.07) is 6.32. The van der Waals surface area contributed by atoms with Crippen LogP contribution in [0.2, 0.25) is 0 Å². The van der Waals surface area contributed by atoms with Crippen molar-refractivity contribution in [2.45, 2.75) is 36.7 Å². The van der Waals surface area contributed by atoms with E-state index in [-0.39, 0.29) is 4.90 Å². The highest BCUT2D eigenvalue weighted by Crippen LogP contribution is 2.26. The molecule has 0 aromatic heterocycles. The van der Waals surface area contributed by atoms with Crippen LogP contribution in [0.4, 0.5) is 5.69 Å². The fourth-order valence-electron chi connectivity index (χ4n) is 2.30. The summed E-state index contributed by atoms with van der Waals surface area (Å²) in [6.45, 7) is 2.53.